The minimum Gasteiger partial charge on any atom is -0.482 e. The number of rotatable bonds is 7. The Morgan fingerprint density at radius 2 is 2.00 bits per heavy atom. The van der Waals surface area contributed by atoms with Gasteiger partial charge in [0.1, 0.15) is 18.6 Å². The van der Waals surface area contributed by atoms with Crippen molar-refractivity contribution in [2.75, 3.05) is 50.9 Å². The number of carbonyl (C=O) groups excluding carboxylic acids is 2. The van der Waals surface area contributed by atoms with Crippen molar-refractivity contribution in [2.45, 2.75) is 39.2 Å². The van der Waals surface area contributed by atoms with Crippen molar-refractivity contribution in [1.29, 1.82) is 0 Å². The van der Waals surface area contributed by atoms with Crippen LogP contribution >= 0.6 is 0 Å². The van der Waals surface area contributed by atoms with Crippen molar-refractivity contribution >= 4 is 17.5 Å². The Morgan fingerprint density at radius 3 is 2.76 bits per heavy atom. The maximum atomic E-state index is 12.6. The third kappa shape index (κ3) is 5.72. The normalized spacial score (nSPS) is 16.9. The van der Waals surface area contributed by atoms with Gasteiger partial charge in [0.2, 0.25) is 5.89 Å². The Hall–Kier alpha value is -2.91. The molecule has 2 aliphatic rings. The molecule has 0 radical (unpaired) electrons. The molecule has 33 heavy (non-hydrogen) atoms. The molecule has 1 fully saturated rings. The number of nitrogens with one attached hydrogen (secondary N) is 1. The van der Waals surface area contributed by atoms with Crippen LogP contribution in [-0.4, -0.2) is 67.7 Å². The molecule has 1 aromatic carbocycles. The van der Waals surface area contributed by atoms with E-state index in [9.17, 15) is 9.59 Å². The van der Waals surface area contributed by atoms with Crippen LogP contribution in [0.1, 0.15) is 49.1 Å². The smallest absolute Gasteiger partial charge is 0.273 e. The number of carbonyl (C=O) groups is 2. The van der Waals surface area contributed by atoms with E-state index in [0.29, 0.717) is 23.9 Å². The highest BCUT2D eigenvalue weighted by molar-refractivity contribution is 5.98. The zero-order valence-corrected chi connectivity index (χ0v) is 19.6. The lowest BCUT2D eigenvalue weighted by Crippen LogP contribution is -2.38. The topological polar surface area (TPSA) is 97.1 Å². The van der Waals surface area contributed by atoms with E-state index in [-0.39, 0.29) is 36.1 Å². The van der Waals surface area contributed by atoms with Crippen molar-refractivity contribution in [1.82, 2.24) is 15.2 Å². The zero-order chi connectivity index (χ0) is 23.4. The van der Waals surface area contributed by atoms with Gasteiger partial charge in [0, 0.05) is 19.6 Å². The van der Waals surface area contributed by atoms with Gasteiger partial charge >= 0.3 is 0 Å². The summed E-state index contributed by atoms with van der Waals surface area (Å²) in [5, 5.41) is 2.88. The molecule has 0 aliphatic carbocycles. The number of oxazole rings is 1. The summed E-state index contributed by atoms with van der Waals surface area (Å²) in [5.41, 5.74) is 1.91. The molecule has 178 valence electrons. The van der Waals surface area contributed by atoms with Crippen molar-refractivity contribution in [3.05, 3.63) is 41.6 Å². The van der Waals surface area contributed by atoms with Gasteiger partial charge < -0.3 is 19.2 Å². The van der Waals surface area contributed by atoms with Gasteiger partial charge in [-0.3, -0.25) is 19.4 Å². The van der Waals surface area contributed by atoms with Crippen LogP contribution in [0.4, 0.5) is 5.69 Å². The second-order valence-corrected chi connectivity index (χ2v) is 9.39. The lowest BCUT2D eigenvalue weighted by molar-refractivity contribution is -0.121. The van der Waals surface area contributed by atoms with Gasteiger partial charge in [0.05, 0.1) is 18.9 Å². The highest BCUT2D eigenvalue weighted by Crippen LogP contribution is 2.37. The monoisotopic (exact) mass is 456 g/mol. The van der Waals surface area contributed by atoms with E-state index < -0.39 is 0 Å². The summed E-state index contributed by atoms with van der Waals surface area (Å²) in [6, 6.07) is 5.87. The van der Waals surface area contributed by atoms with Gasteiger partial charge in [0.15, 0.2) is 12.3 Å². The quantitative estimate of drug-likeness (QED) is 0.639. The number of anilines is 1. The molecule has 2 amide bonds. The molecular weight excluding hydrogens is 424 g/mol. The summed E-state index contributed by atoms with van der Waals surface area (Å²) < 4.78 is 16.5. The lowest BCUT2D eigenvalue weighted by atomic mass is 9.86. The fourth-order valence-corrected chi connectivity index (χ4v) is 3.88. The minimum absolute atomic E-state index is 0.0426. The standard InChI is InChI=1S/C24H32N4O5/c1-24(2,3)17-5-6-20-19(13-17)28(22(29)16-32-20)14-21-26-18(15-33-21)23(30)25-7-4-8-27-9-11-31-12-10-27/h5-6,13,15H,4,7-12,14,16H2,1-3H3,(H,25,30). The Kier molecular flexibility index (Phi) is 6.99. The van der Waals surface area contributed by atoms with Crippen molar-refractivity contribution in [2.24, 2.45) is 0 Å². The number of amides is 2. The molecule has 9 nitrogen and oxygen atoms in total. The van der Waals surface area contributed by atoms with Crippen LogP contribution < -0.4 is 15.0 Å². The molecule has 0 saturated carbocycles. The first kappa shape index (κ1) is 23.3. The highest BCUT2D eigenvalue weighted by atomic mass is 16.5. The number of benzene rings is 1. The van der Waals surface area contributed by atoms with Crippen LogP contribution in [0.15, 0.2) is 28.9 Å². The first-order valence-electron chi connectivity index (χ1n) is 11.4. The van der Waals surface area contributed by atoms with E-state index in [1.54, 1.807) is 4.90 Å². The van der Waals surface area contributed by atoms with Crippen LogP contribution in [0.2, 0.25) is 0 Å². The Bertz CT molecular complexity index is 991. The number of morpholine rings is 1. The summed E-state index contributed by atoms with van der Waals surface area (Å²) in [4.78, 5) is 33.3. The minimum atomic E-state index is -0.282. The van der Waals surface area contributed by atoms with E-state index in [2.05, 4.69) is 36.0 Å². The molecule has 0 unspecified atom stereocenters. The molecule has 1 N–H and O–H groups in total. The average molecular weight is 457 g/mol. The second-order valence-electron chi connectivity index (χ2n) is 9.39. The lowest BCUT2D eigenvalue weighted by Gasteiger charge is -2.30. The molecular formula is C24H32N4O5. The van der Waals surface area contributed by atoms with Gasteiger partial charge in [0.25, 0.3) is 11.8 Å². The number of hydrogen-bond acceptors (Lipinski definition) is 7. The van der Waals surface area contributed by atoms with E-state index >= 15 is 0 Å². The molecule has 3 heterocycles. The Morgan fingerprint density at radius 1 is 1.21 bits per heavy atom. The third-order valence-electron chi connectivity index (χ3n) is 5.89. The van der Waals surface area contributed by atoms with Gasteiger partial charge in [-0.15, -0.1) is 0 Å². The van der Waals surface area contributed by atoms with Crippen molar-refractivity contribution in [3.8, 4) is 5.75 Å². The predicted octanol–water partition coefficient (Wildman–Crippen LogP) is 2.35. The number of ether oxygens (including phenoxy) is 2. The van der Waals surface area contributed by atoms with E-state index in [4.69, 9.17) is 13.9 Å². The average Bonchev–Trinajstić information content (AvgIpc) is 3.27. The van der Waals surface area contributed by atoms with Crippen LogP contribution in [0.3, 0.4) is 0 Å². The van der Waals surface area contributed by atoms with Crippen LogP contribution in [0, 0.1) is 0 Å². The second kappa shape index (κ2) is 9.93. The van der Waals surface area contributed by atoms with Gasteiger partial charge in [-0.2, -0.15) is 0 Å². The molecule has 2 aliphatic heterocycles. The molecule has 2 aromatic rings. The van der Waals surface area contributed by atoms with Crippen LogP contribution in [-0.2, 0) is 21.5 Å². The number of aromatic nitrogens is 1. The van der Waals surface area contributed by atoms with Gasteiger partial charge in [-0.05, 0) is 36.1 Å². The van der Waals surface area contributed by atoms with E-state index in [1.807, 2.05) is 18.2 Å². The fraction of sp³-hybridized carbons (Fsp3) is 0.542. The third-order valence-corrected chi connectivity index (χ3v) is 5.89. The van der Waals surface area contributed by atoms with Crippen molar-refractivity contribution in [3.63, 3.8) is 0 Å². The van der Waals surface area contributed by atoms with Crippen LogP contribution in [0.25, 0.3) is 0 Å². The summed E-state index contributed by atoms with van der Waals surface area (Å²) in [6.45, 7) is 11.3. The summed E-state index contributed by atoms with van der Waals surface area (Å²) in [6.07, 6.45) is 2.19. The molecule has 1 aromatic heterocycles. The largest absolute Gasteiger partial charge is 0.482 e. The maximum absolute atomic E-state index is 12.6. The fourth-order valence-electron chi connectivity index (χ4n) is 3.88. The number of fused-ring (bicyclic) bond motifs is 1. The molecule has 9 heteroatoms. The van der Waals surface area contributed by atoms with E-state index in [1.165, 1.54) is 6.26 Å². The zero-order valence-electron chi connectivity index (χ0n) is 19.6. The molecule has 0 atom stereocenters. The van der Waals surface area contributed by atoms with E-state index in [0.717, 1.165) is 44.8 Å². The summed E-state index contributed by atoms with van der Waals surface area (Å²) in [5.74, 6) is 0.486. The van der Waals surface area contributed by atoms with Gasteiger partial charge in [-0.1, -0.05) is 26.8 Å². The molecule has 0 spiro atoms. The molecule has 4 rings (SSSR count). The maximum Gasteiger partial charge on any atom is 0.273 e. The Labute approximate surface area is 194 Å². The van der Waals surface area contributed by atoms with Crippen molar-refractivity contribution < 1.29 is 23.5 Å². The Balaban J connectivity index is 1.36. The number of nitrogens with zero attached hydrogens (tertiary/aromatic N) is 3. The first-order valence-corrected chi connectivity index (χ1v) is 11.4. The highest BCUT2D eigenvalue weighted by Gasteiger charge is 2.29. The molecule has 0 bridgehead atoms. The predicted molar refractivity (Wildman–Crippen MR) is 123 cm³/mol. The SMILES string of the molecule is CC(C)(C)c1ccc2c(c1)N(Cc1nc(C(=O)NCCCN3CCOCC3)co1)C(=O)CO2. The number of hydrogen-bond donors (Lipinski definition) is 1. The summed E-state index contributed by atoms with van der Waals surface area (Å²) >= 11 is 0. The van der Waals surface area contributed by atoms with Crippen LogP contribution in [0.5, 0.6) is 5.75 Å². The molecule has 1 saturated heterocycles. The summed E-state index contributed by atoms with van der Waals surface area (Å²) in [7, 11) is 0. The first-order chi connectivity index (χ1) is 15.8. The van der Waals surface area contributed by atoms with Gasteiger partial charge in [-0.25, -0.2) is 4.98 Å².